The van der Waals surface area contributed by atoms with Gasteiger partial charge in [-0.15, -0.1) is 0 Å². The molecule has 0 spiro atoms. The van der Waals surface area contributed by atoms with Crippen molar-refractivity contribution in [1.29, 1.82) is 0 Å². The summed E-state index contributed by atoms with van der Waals surface area (Å²) < 4.78 is 0.512. The van der Waals surface area contributed by atoms with Gasteiger partial charge in [0, 0.05) is 6.42 Å². The lowest BCUT2D eigenvalue weighted by atomic mass is 10.0. The minimum absolute atomic E-state index is 0.254. The van der Waals surface area contributed by atoms with E-state index in [1.54, 1.807) is 0 Å². The fraction of sp³-hybridized carbons (Fsp3) is 0.947. The van der Waals surface area contributed by atoms with Gasteiger partial charge in [0.25, 0.3) is 5.91 Å². The van der Waals surface area contributed by atoms with Crippen molar-refractivity contribution in [1.82, 2.24) is 4.09 Å². The van der Waals surface area contributed by atoms with E-state index in [1.807, 2.05) is 0 Å². The van der Waals surface area contributed by atoms with Gasteiger partial charge in [0.05, 0.1) is 16.1 Å². The lowest BCUT2D eigenvalue weighted by Crippen LogP contribution is -2.15. The Morgan fingerprint density at radius 3 is 1.30 bits per heavy atom. The molecule has 1 N–H and O–H groups in total. The summed E-state index contributed by atoms with van der Waals surface area (Å²) in [6.07, 6.45) is 21.7. The average Bonchev–Trinajstić information content (AvgIpc) is 2.54. The van der Waals surface area contributed by atoms with E-state index in [9.17, 15) is 4.79 Å². The van der Waals surface area contributed by atoms with Crippen LogP contribution in [0.1, 0.15) is 116 Å². The maximum Gasteiger partial charge on any atom is 0.256 e. The molecule has 0 unspecified atom stereocenters. The molecule has 3 nitrogen and oxygen atoms in total. The Bertz CT molecular complexity index is 260. The van der Waals surface area contributed by atoms with Gasteiger partial charge in [-0.2, -0.15) is 4.09 Å². The van der Waals surface area contributed by atoms with Crippen molar-refractivity contribution in [2.75, 3.05) is 0 Å². The van der Waals surface area contributed by atoms with Crippen molar-refractivity contribution < 1.29 is 10.0 Å². The molecule has 0 aliphatic heterocycles. The minimum Gasteiger partial charge on any atom is -0.275 e. The monoisotopic (exact) mass is 391 g/mol. The van der Waals surface area contributed by atoms with E-state index in [1.165, 1.54) is 89.9 Å². The van der Waals surface area contributed by atoms with Gasteiger partial charge < -0.3 is 0 Å². The number of amides is 1. The Labute approximate surface area is 152 Å². The maximum absolute atomic E-state index is 11.1. The first-order chi connectivity index (χ1) is 11.2. The van der Waals surface area contributed by atoms with Crippen LogP contribution in [-0.4, -0.2) is 15.2 Å². The first-order valence-corrected chi connectivity index (χ1v) is 10.6. The fourth-order valence-corrected chi connectivity index (χ4v) is 3.09. The number of hydroxylamine groups is 1. The topological polar surface area (TPSA) is 40.5 Å². The summed E-state index contributed by atoms with van der Waals surface area (Å²) in [6, 6.07) is 0. The number of nitrogens with zero attached hydrogens (tertiary/aromatic N) is 1. The Hall–Kier alpha value is -0.0900. The summed E-state index contributed by atoms with van der Waals surface area (Å²) in [5.41, 5.74) is 0. The zero-order valence-corrected chi connectivity index (χ0v) is 16.8. The molecule has 0 rings (SSSR count). The Kier molecular flexibility index (Phi) is 18.2. The van der Waals surface area contributed by atoms with Crippen LogP contribution >= 0.6 is 16.1 Å². The minimum atomic E-state index is -0.254. The van der Waals surface area contributed by atoms with Crippen LogP contribution in [0.15, 0.2) is 0 Å². The maximum atomic E-state index is 11.1. The quantitative estimate of drug-likeness (QED) is 0.123. The Morgan fingerprint density at radius 1 is 0.696 bits per heavy atom. The van der Waals surface area contributed by atoms with Gasteiger partial charge >= 0.3 is 0 Å². The highest BCUT2D eigenvalue weighted by Crippen LogP contribution is 2.14. The molecule has 0 saturated carbocycles. The van der Waals surface area contributed by atoms with Gasteiger partial charge in [-0.05, 0) is 6.42 Å². The van der Waals surface area contributed by atoms with Crippen molar-refractivity contribution >= 4 is 22.1 Å². The van der Waals surface area contributed by atoms with Crippen molar-refractivity contribution in [2.45, 2.75) is 116 Å². The molecule has 0 aromatic carbocycles. The normalized spacial score (nSPS) is 10.9. The molecule has 0 bridgehead atoms. The predicted molar refractivity (Wildman–Crippen MR) is 102 cm³/mol. The van der Waals surface area contributed by atoms with Crippen molar-refractivity contribution in [2.24, 2.45) is 0 Å². The average molecular weight is 392 g/mol. The smallest absolute Gasteiger partial charge is 0.256 e. The van der Waals surface area contributed by atoms with Crippen LogP contribution in [0.5, 0.6) is 0 Å². The number of hydrogen-bond donors (Lipinski definition) is 1. The lowest BCUT2D eigenvalue weighted by molar-refractivity contribution is -0.143. The summed E-state index contributed by atoms with van der Waals surface area (Å²) in [5.74, 6) is -0.254. The van der Waals surface area contributed by atoms with E-state index in [0.29, 0.717) is 10.5 Å². The van der Waals surface area contributed by atoms with Crippen LogP contribution in [-0.2, 0) is 4.79 Å². The van der Waals surface area contributed by atoms with E-state index in [-0.39, 0.29) is 5.91 Å². The highest BCUT2D eigenvalue weighted by molar-refractivity contribution is 9.07. The molecule has 0 fully saturated rings. The summed E-state index contributed by atoms with van der Waals surface area (Å²) in [7, 11) is 0. The molecule has 0 atom stereocenters. The fourth-order valence-electron chi connectivity index (χ4n) is 2.92. The number of halogens is 1. The summed E-state index contributed by atoms with van der Waals surface area (Å²) in [6.45, 7) is 2.27. The second kappa shape index (κ2) is 18.3. The largest absolute Gasteiger partial charge is 0.275 e. The lowest BCUT2D eigenvalue weighted by Gasteiger charge is -2.05. The molecule has 138 valence electrons. The first kappa shape index (κ1) is 22.9. The third kappa shape index (κ3) is 18.1. The molecular weight excluding hydrogens is 354 g/mol. The number of hydrogen-bond acceptors (Lipinski definition) is 2. The molecule has 0 saturated heterocycles. The number of carbonyl (C=O) groups excluding carboxylic acids is 1. The van der Waals surface area contributed by atoms with E-state index in [0.717, 1.165) is 12.8 Å². The number of carbonyl (C=O) groups is 1. The molecule has 23 heavy (non-hydrogen) atoms. The SMILES string of the molecule is CCCCCCCCCCCCCCCCCCC(=O)N(O)Br. The molecule has 0 aliphatic carbocycles. The molecule has 0 radical (unpaired) electrons. The van der Waals surface area contributed by atoms with Crippen LogP contribution in [0.3, 0.4) is 0 Å². The molecular formula is C19H38BrNO2. The van der Waals surface area contributed by atoms with Crippen molar-refractivity contribution in [3.05, 3.63) is 0 Å². The van der Waals surface area contributed by atoms with Gasteiger partial charge in [0.15, 0.2) is 0 Å². The summed E-state index contributed by atoms with van der Waals surface area (Å²) in [5, 5.41) is 8.85. The van der Waals surface area contributed by atoms with Crippen LogP contribution < -0.4 is 0 Å². The number of rotatable bonds is 17. The standard InChI is InChI=1S/C19H38BrNO2/c1-2-3-4-5-6-7-8-9-10-11-12-13-14-15-16-17-18-19(22)21(20)23/h23H,2-18H2,1H3. The van der Waals surface area contributed by atoms with E-state index >= 15 is 0 Å². The molecule has 4 heteroatoms. The molecule has 1 amide bonds. The van der Waals surface area contributed by atoms with Gasteiger partial charge in [-0.3, -0.25) is 10.0 Å². The third-order valence-electron chi connectivity index (χ3n) is 4.45. The van der Waals surface area contributed by atoms with Crippen LogP contribution in [0.25, 0.3) is 0 Å². The van der Waals surface area contributed by atoms with Gasteiger partial charge in [0.1, 0.15) is 0 Å². The van der Waals surface area contributed by atoms with E-state index in [2.05, 4.69) is 23.1 Å². The highest BCUT2D eigenvalue weighted by atomic mass is 79.9. The van der Waals surface area contributed by atoms with Crippen LogP contribution in [0.2, 0.25) is 0 Å². The summed E-state index contributed by atoms with van der Waals surface area (Å²) in [4.78, 5) is 11.1. The van der Waals surface area contributed by atoms with Crippen LogP contribution in [0.4, 0.5) is 0 Å². The third-order valence-corrected chi connectivity index (χ3v) is 4.85. The van der Waals surface area contributed by atoms with Gasteiger partial charge in [0.2, 0.25) is 0 Å². The molecule has 0 aromatic heterocycles. The van der Waals surface area contributed by atoms with Crippen LogP contribution in [0, 0.1) is 0 Å². The zero-order chi connectivity index (χ0) is 17.2. The zero-order valence-electron chi connectivity index (χ0n) is 15.2. The van der Waals surface area contributed by atoms with Crippen molar-refractivity contribution in [3.63, 3.8) is 0 Å². The second-order valence-electron chi connectivity index (χ2n) is 6.71. The van der Waals surface area contributed by atoms with E-state index < -0.39 is 0 Å². The van der Waals surface area contributed by atoms with Gasteiger partial charge in [-0.1, -0.05) is 103 Å². The first-order valence-electron chi connectivity index (χ1n) is 9.86. The molecule has 0 aliphatic rings. The Balaban J connectivity index is 3.04. The highest BCUT2D eigenvalue weighted by Gasteiger charge is 2.05. The predicted octanol–water partition coefficient (Wildman–Crippen LogP) is 7.17. The molecule has 0 aromatic rings. The van der Waals surface area contributed by atoms with E-state index in [4.69, 9.17) is 5.21 Å². The van der Waals surface area contributed by atoms with Gasteiger partial charge in [-0.25, -0.2) is 0 Å². The molecule has 0 heterocycles. The van der Waals surface area contributed by atoms with Crippen molar-refractivity contribution in [3.8, 4) is 0 Å². The second-order valence-corrected chi connectivity index (χ2v) is 7.38. The Morgan fingerprint density at radius 2 is 1.00 bits per heavy atom. The number of unbranched alkanes of at least 4 members (excludes halogenated alkanes) is 15. The summed E-state index contributed by atoms with van der Waals surface area (Å²) >= 11 is 2.73.